The topological polar surface area (TPSA) is 39.9 Å². The van der Waals surface area contributed by atoms with Crippen LogP contribution in [0.3, 0.4) is 0 Å². The minimum Gasteiger partial charge on any atom is -0.371 e. The standard InChI is InChI=1S/C23H26FN3OS/c1-5-28-21(22-26-16(3)14-29-22)12-23(4)11-17-13-25-27(20(17)10-15(23)2)19-8-6-18(24)7-9-19/h6-10,13-14,21H,5,11-12H2,1-4H3/t21?,23-/m1/s1. The van der Waals surface area contributed by atoms with Gasteiger partial charge in [0, 0.05) is 17.7 Å². The first-order valence-electron chi connectivity index (χ1n) is 9.95. The molecule has 2 aromatic heterocycles. The minimum atomic E-state index is -0.242. The van der Waals surface area contributed by atoms with Gasteiger partial charge in [-0.3, -0.25) is 0 Å². The highest BCUT2D eigenvalue weighted by molar-refractivity contribution is 7.09. The van der Waals surface area contributed by atoms with Gasteiger partial charge in [0.2, 0.25) is 0 Å². The van der Waals surface area contributed by atoms with Crippen molar-refractivity contribution in [2.45, 2.75) is 46.6 Å². The Hall–Kier alpha value is -2.31. The summed E-state index contributed by atoms with van der Waals surface area (Å²) in [6.45, 7) is 9.19. The number of benzene rings is 1. The zero-order valence-electron chi connectivity index (χ0n) is 17.3. The van der Waals surface area contributed by atoms with Crippen molar-refractivity contribution < 1.29 is 9.13 Å². The summed E-state index contributed by atoms with van der Waals surface area (Å²) in [6, 6.07) is 6.45. The highest BCUT2D eigenvalue weighted by Gasteiger charge is 2.36. The first-order chi connectivity index (χ1) is 13.9. The van der Waals surface area contributed by atoms with Crippen molar-refractivity contribution >= 4 is 17.4 Å². The smallest absolute Gasteiger partial charge is 0.123 e. The van der Waals surface area contributed by atoms with E-state index < -0.39 is 0 Å². The molecule has 0 N–H and O–H groups in total. The number of halogens is 1. The predicted octanol–water partition coefficient (Wildman–Crippen LogP) is 5.91. The molecule has 1 aliphatic rings. The van der Waals surface area contributed by atoms with Crippen LogP contribution < -0.4 is 0 Å². The molecule has 4 nitrogen and oxygen atoms in total. The lowest BCUT2D eigenvalue weighted by Crippen LogP contribution is -2.28. The van der Waals surface area contributed by atoms with Gasteiger partial charge in [-0.1, -0.05) is 12.5 Å². The molecule has 29 heavy (non-hydrogen) atoms. The summed E-state index contributed by atoms with van der Waals surface area (Å²) in [5.41, 5.74) is 5.44. The Labute approximate surface area is 175 Å². The number of aromatic nitrogens is 3. The highest BCUT2D eigenvalue weighted by atomic mass is 32.1. The molecule has 0 aliphatic heterocycles. The minimum absolute atomic E-state index is 0.0132. The molecule has 0 bridgehead atoms. The Morgan fingerprint density at radius 2 is 2.03 bits per heavy atom. The van der Waals surface area contributed by atoms with Gasteiger partial charge >= 0.3 is 0 Å². The maximum absolute atomic E-state index is 13.3. The van der Waals surface area contributed by atoms with E-state index in [1.165, 1.54) is 23.3 Å². The van der Waals surface area contributed by atoms with Crippen LogP contribution in [-0.2, 0) is 11.2 Å². The average molecular weight is 412 g/mol. The van der Waals surface area contributed by atoms with Gasteiger partial charge in [0.25, 0.3) is 0 Å². The van der Waals surface area contributed by atoms with Crippen LogP contribution in [0.4, 0.5) is 4.39 Å². The molecular formula is C23H26FN3OS. The third-order valence-corrected chi connectivity index (χ3v) is 6.81. The van der Waals surface area contributed by atoms with Crippen molar-refractivity contribution in [3.05, 3.63) is 69.2 Å². The second kappa shape index (κ2) is 7.84. The Kier molecular flexibility index (Phi) is 5.40. The van der Waals surface area contributed by atoms with Gasteiger partial charge in [0.05, 0.1) is 17.6 Å². The van der Waals surface area contributed by atoms with Crippen LogP contribution >= 0.6 is 11.3 Å². The number of hydrogen-bond donors (Lipinski definition) is 0. The van der Waals surface area contributed by atoms with Crippen LogP contribution in [0.2, 0.25) is 0 Å². The lowest BCUT2D eigenvalue weighted by Gasteiger charge is -2.36. The fraction of sp³-hybridized carbons (Fsp3) is 0.391. The molecule has 6 heteroatoms. The molecule has 0 radical (unpaired) electrons. The number of fused-ring (bicyclic) bond motifs is 1. The van der Waals surface area contributed by atoms with E-state index in [0.29, 0.717) is 6.61 Å². The Morgan fingerprint density at radius 1 is 1.28 bits per heavy atom. The van der Waals surface area contributed by atoms with E-state index in [0.717, 1.165) is 34.9 Å². The predicted molar refractivity (Wildman–Crippen MR) is 115 cm³/mol. The quantitative estimate of drug-likeness (QED) is 0.506. The fourth-order valence-electron chi connectivity index (χ4n) is 3.99. The zero-order chi connectivity index (χ0) is 20.6. The van der Waals surface area contributed by atoms with Crippen molar-refractivity contribution in [1.82, 2.24) is 14.8 Å². The van der Waals surface area contributed by atoms with E-state index >= 15 is 0 Å². The number of ether oxygens (including phenoxy) is 1. The first kappa shape index (κ1) is 20.0. The lowest BCUT2D eigenvalue weighted by molar-refractivity contribution is 0.0321. The van der Waals surface area contributed by atoms with Crippen LogP contribution in [0.5, 0.6) is 0 Å². The first-order valence-corrected chi connectivity index (χ1v) is 10.8. The largest absolute Gasteiger partial charge is 0.371 e. The summed E-state index contributed by atoms with van der Waals surface area (Å²) in [7, 11) is 0. The van der Waals surface area contributed by atoms with E-state index in [-0.39, 0.29) is 17.3 Å². The van der Waals surface area contributed by atoms with E-state index in [9.17, 15) is 4.39 Å². The van der Waals surface area contributed by atoms with Crippen molar-refractivity contribution in [2.24, 2.45) is 5.41 Å². The Morgan fingerprint density at radius 3 is 2.69 bits per heavy atom. The summed E-state index contributed by atoms with van der Waals surface area (Å²) in [5.74, 6) is -0.242. The van der Waals surface area contributed by atoms with Gasteiger partial charge in [-0.2, -0.15) is 5.10 Å². The summed E-state index contributed by atoms with van der Waals surface area (Å²) >= 11 is 1.67. The Balaban J connectivity index is 1.63. The molecule has 0 saturated heterocycles. The highest BCUT2D eigenvalue weighted by Crippen LogP contribution is 2.45. The van der Waals surface area contributed by atoms with Crippen LogP contribution in [0.15, 0.2) is 41.4 Å². The number of thiazole rings is 1. The molecule has 3 aromatic rings. The van der Waals surface area contributed by atoms with Crippen LogP contribution in [0, 0.1) is 18.2 Å². The second-order valence-corrected chi connectivity index (χ2v) is 8.87. The lowest BCUT2D eigenvalue weighted by atomic mass is 9.70. The molecule has 4 rings (SSSR count). The van der Waals surface area contributed by atoms with Gasteiger partial charge in [-0.15, -0.1) is 11.3 Å². The van der Waals surface area contributed by atoms with E-state index in [4.69, 9.17) is 4.74 Å². The molecule has 0 amide bonds. The number of rotatable bonds is 6. The molecule has 0 saturated carbocycles. The van der Waals surface area contributed by atoms with Crippen LogP contribution in [0.1, 0.15) is 55.3 Å². The van der Waals surface area contributed by atoms with Gasteiger partial charge in [0.1, 0.15) is 16.9 Å². The molecule has 1 aliphatic carbocycles. The van der Waals surface area contributed by atoms with Crippen molar-refractivity contribution in [2.75, 3.05) is 6.61 Å². The van der Waals surface area contributed by atoms with Crippen LogP contribution in [0.25, 0.3) is 11.8 Å². The number of aryl methyl sites for hydroxylation is 1. The number of hydrogen-bond acceptors (Lipinski definition) is 4. The number of allylic oxidation sites excluding steroid dienone is 1. The molecule has 1 aromatic carbocycles. The Bertz CT molecular complexity index is 1040. The normalized spacial score (nSPS) is 19.7. The van der Waals surface area contributed by atoms with Crippen molar-refractivity contribution in [1.29, 1.82) is 0 Å². The third kappa shape index (κ3) is 3.91. The fourth-order valence-corrected chi connectivity index (χ4v) is 4.83. The van der Waals surface area contributed by atoms with Crippen molar-refractivity contribution in [3.8, 4) is 5.69 Å². The molecule has 0 spiro atoms. The molecule has 2 atom stereocenters. The van der Waals surface area contributed by atoms with Crippen molar-refractivity contribution in [3.63, 3.8) is 0 Å². The summed E-state index contributed by atoms with van der Waals surface area (Å²) in [6.07, 6.45) is 5.90. The molecular weight excluding hydrogens is 385 g/mol. The van der Waals surface area contributed by atoms with Gasteiger partial charge in [0.15, 0.2) is 0 Å². The maximum atomic E-state index is 13.3. The maximum Gasteiger partial charge on any atom is 0.123 e. The van der Waals surface area contributed by atoms with Gasteiger partial charge in [-0.25, -0.2) is 14.1 Å². The molecule has 0 fully saturated rings. The van der Waals surface area contributed by atoms with E-state index in [1.54, 1.807) is 23.5 Å². The molecule has 152 valence electrons. The summed E-state index contributed by atoms with van der Waals surface area (Å²) in [5, 5.41) is 7.71. The number of nitrogens with zero attached hydrogens (tertiary/aromatic N) is 3. The monoisotopic (exact) mass is 411 g/mol. The molecule has 2 heterocycles. The third-order valence-electron chi connectivity index (χ3n) is 5.76. The van der Waals surface area contributed by atoms with Gasteiger partial charge < -0.3 is 4.74 Å². The van der Waals surface area contributed by atoms with Gasteiger partial charge in [-0.05, 0) is 74.9 Å². The average Bonchev–Trinajstić information content (AvgIpc) is 3.29. The van der Waals surface area contributed by atoms with E-state index in [1.807, 2.05) is 24.7 Å². The SMILES string of the molecule is CCOC(C[C@@]1(C)Cc2cnn(-c3ccc(F)cc3)c2C=C1C)c1nc(C)cs1. The molecule has 1 unspecified atom stereocenters. The summed E-state index contributed by atoms with van der Waals surface area (Å²) < 4.78 is 21.3. The zero-order valence-corrected chi connectivity index (χ0v) is 18.1. The second-order valence-electron chi connectivity index (χ2n) is 7.98. The summed E-state index contributed by atoms with van der Waals surface area (Å²) in [4.78, 5) is 4.67. The van der Waals surface area contributed by atoms with E-state index in [2.05, 4.69) is 35.4 Å². The van der Waals surface area contributed by atoms with Crippen LogP contribution in [-0.4, -0.2) is 21.4 Å².